The summed E-state index contributed by atoms with van der Waals surface area (Å²) in [5, 5.41) is 8.74. The zero-order valence-electron chi connectivity index (χ0n) is 15.8. The van der Waals surface area contributed by atoms with Crippen molar-refractivity contribution in [2.75, 3.05) is 13.2 Å². The lowest BCUT2D eigenvalue weighted by Gasteiger charge is -2.15. The first-order valence-corrected chi connectivity index (χ1v) is 9.85. The maximum Gasteiger partial charge on any atom is 0.416 e. The van der Waals surface area contributed by atoms with Crippen LogP contribution in [0.15, 0.2) is 58.7 Å². The second-order valence-electron chi connectivity index (χ2n) is 6.32. The number of amides is 1. The summed E-state index contributed by atoms with van der Waals surface area (Å²) in [6.07, 6.45) is -4.46. The third-order valence-electron chi connectivity index (χ3n) is 4.18. The van der Waals surface area contributed by atoms with Gasteiger partial charge in [0.25, 0.3) is 5.56 Å². The van der Waals surface area contributed by atoms with Gasteiger partial charge in [0.1, 0.15) is 24.1 Å². The van der Waals surface area contributed by atoms with Crippen molar-refractivity contribution in [3.63, 3.8) is 0 Å². The van der Waals surface area contributed by atoms with E-state index in [1.165, 1.54) is 36.5 Å². The van der Waals surface area contributed by atoms with Gasteiger partial charge in [-0.2, -0.15) is 18.3 Å². The molecule has 10 heteroatoms. The Balaban J connectivity index is 1.57. The number of carbonyl (C=O) groups is 1. The van der Waals surface area contributed by atoms with Gasteiger partial charge in [0, 0.05) is 6.07 Å². The van der Waals surface area contributed by atoms with E-state index in [2.05, 4.69) is 10.4 Å². The highest BCUT2D eigenvalue weighted by molar-refractivity contribution is 7.13. The second-order valence-corrected chi connectivity index (χ2v) is 7.27. The van der Waals surface area contributed by atoms with Crippen molar-refractivity contribution in [2.24, 2.45) is 0 Å². The highest BCUT2D eigenvalue weighted by atomic mass is 32.1. The third kappa shape index (κ3) is 5.26. The molecule has 0 fully saturated rings. The number of carbonyl (C=O) groups excluding carboxylic acids is 1. The van der Waals surface area contributed by atoms with Gasteiger partial charge >= 0.3 is 6.18 Å². The molecule has 0 bridgehead atoms. The Bertz CT molecular complexity index is 1060. The van der Waals surface area contributed by atoms with Crippen LogP contribution in [0.3, 0.4) is 0 Å². The molecule has 1 unspecified atom stereocenters. The summed E-state index contributed by atoms with van der Waals surface area (Å²) < 4.78 is 44.5. The molecule has 1 N–H and O–H groups in total. The van der Waals surface area contributed by atoms with Crippen molar-refractivity contribution in [3.8, 4) is 16.3 Å². The van der Waals surface area contributed by atoms with Crippen LogP contribution in [0.2, 0.25) is 0 Å². The van der Waals surface area contributed by atoms with E-state index in [4.69, 9.17) is 4.74 Å². The van der Waals surface area contributed by atoms with E-state index in [0.717, 1.165) is 21.7 Å². The second kappa shape index (κ2) is 9.12. The van der Waals surface area contributed by atoms with E-state index in [-0.39, 0.29) is 18.9 Å². The van der Waals surface area contributed by atoms with Crippen molar-refractivity contribution in [1.82, 2.24) is 15.1 Å². The number of rotatable bonds is 7. The minimum Gasteiger partial charge on any atom is -0.492 e. The first-order chi connectivity index (χ1) is 14.3. The number of nitrogens with zero attached hydrogens (tertiary/aromatic N) is 2. The normalized spacial score (nSPS) is 12.4. The summed E-state index contributed by atoms with van der Waals surface area (Å²) in [6.45, 7) is 1.56. The van der Waals surface area contributed by atoms with Gasteiger partial charge in [-0.1, -0.05) is 12.1 Å². The number of halogens is 3. The molecule has 2 aromatic heterocycles. The highest BCUT2D eigenvalue weighted by Gasteiger charge is 2.30. The van der Waals surface area contributed by atoms with Crippen LogP contribution in [0.1, 0.15) is 18.5 Å². The number of nitrogens with one attached hydrogen (secondary N) is 1. The quantitative estimate of drug-likeness (QED) is 0.572. The average molecular weight is 437 g/mol. The molecule has 0 saturated heterocycles. The van der Waals surface area contributed by atoms with Gasteiger partial charge in [-0.15, -0.1) is 11.3 Å². The summed E-state index contributed by atoms with van der Waals surface area (Å²) in [6, 6.07) is 10.3. The SMILES string of the molecule is CC(C(=O)NCCOc1cccc(C(F)(F)F)c1)n1nc(-c2cccs2)ccc1=O. The zero-order valence-corrected chi connectivity index (χ0v) is 16.7. The maximum absolute atomic E-state index is 12.7. The first kappa shape index (κ1) is 21.6. The lowest BCUT2D eigenvalue weighted by Crippen LogP contribution is -2.38. The van der Waals surface area contributed by atoms with Crippen LogP contribution < -0.4 is 15.6 Å². The predicted molar refractivity (Wildman–Crippen MR) is 106 cm³/mol. The molecule has 0 aliphatic rings. The number of benzene rings is 1. The molecular formula is C20H18F3N3O3S. The van der Waals surface area contributed by atoms with Gasteiger partial charge < -0.3 is 10.1 Å². The smallest absolute Gasteiger partial charge is 0.416 e. The van der Waals surface area contributed by atoms with Crippen LogP contribution in [0, 0.1) is 0 Å². The Labute approximate surface area is 173 Å². The Morgan fingerprint density at radius 3 is 2.73 bits per heavy atom. The van der Waals surface area contributed by atoms with Crippen molar-refractivity contribution in [1.29, 1.82) is 0 Å². The molecule has 3 aromatic rings. The van der Waals surface area contributed by atoms with Crippen molar-refractivity contribution in [3.05, 3.63) is 69.8 Å². The highest BCUT2D eigenvalue weighted by Crippen LogP contribution is 2.31. The summed E-state index contributed by atoms with van der Waals surface area (Å²) in [7, 11) is 0. The van der Waals surface area contributed by atoms with Crippen LogP contribution in [-0.2, 0) is 11.0 Å². The van der Waals surface area contributed by atoms with Crippen molar-refractivity contribution < 1.29 is 22.7 Å². The lowest BCUT2D eigenvalue weighted by molar-refractivity contribution is -0.137. The summed E-state index contributed by atoms with van der Waals surface area (Å²) in [4.78, 5) is 25.4. The van der Waals surface area contributed by atoms with Gasteiger partial charge in [-0.05, 0) is 42.6 Å². The molecule has 3 rings (SSSR count). The number of hydrogen-bond donors (Lipinski definition) is 1. The first-order valence-electron chi connectivity index (χ1n) is 8.97. The molecule has 1 aromatic carbocycles. The molecule has 2 heterocycles. The molecule has 1 amide bonds. The van der Waals surface area contributed by atoms with Gasteiger partial charge in [0.15, 0.2) is 0 Å². The fourth-order valence-electron chi connectivity index (χ4n) is 2.62. The fourth-order valence-corrected chi connectivity index (χ4v) is 3.31. The minimum absolute atomic E-state index is 0.0304. The van der Waals surface area contributed by atoms with E-state index in [1.807, 2.05) is 17.5 Å². The topological polar surface area (TPSA) is 73.2 Å². The van der Waals surface area contributed by atoms with Gasteiger partial charge in [-0.25, -0.2) is 4.68 Å². The van der Waals surface area contributed by atoms with E-state index >= 15 is 0 Å². The average Bonchev–Trinajstić information content (AvgIpc) is 3.25. The summed E-state index contributed by atoms with van der Waals surface area (Å²) >= 11 is 1.46. The lowest BCUT2D eigenvalue weighted by atomic mass is 10.2. The molecule has 1 atom stereocenters. The number of thiophene rings is 1. The third-order valence-corrected chi connectivity index (χ3v) is 5.07. The number of aromatic nitrogens is 2. The molecule has 0 spiro atoms. The van der Waals surface area contributed by atoms with Crippen molar-refractivity contribution in [2.45, 2.75) is 19.1 Å². The number of hydrogen-bond acceptors (Lipinski definition) is 5. The molecule has 0 aliphatic carbocycles. The Morgan fingerprint density at radius 2 is 2.03 bits per heavy atom. The largest absolute Gasteiger partial charge is 0.492 e. The minimum atomic E-state index is -4.46. The Morgan fingerprint density at radius 1 is 1.23 bits per heavy atom. The molecule has 30 heavy (non-hydrogen) atoms. The zero-order chi connectivity index (χ0) is 21.7. The molecule has 6 nitrogen and oxygen atoms in total. The monoisotopic (exact) mass is 437 g/mol. The van der Waals surface area contributed by atoms with Crippen molar-refractivity contribution >= 4 is 17.2 Å². The van der Waals surface area contributed by atoms with Crippen LogP contribution in [0.5, 0.6) is 5.75 Å². The van der Waals surface area contributed by atoms with Crippen LogP contribution in [0.4, 0.5) is 13.2 Å². The van der Waals surface area contributed by atoms with Gasteiger partial charge in [0.05, 0.1) is 17.0 Å². The summed E-state index contributed by atoms with van der Waals surface area (Å²) in [5.74, 6) is -0.408. The van der Waals surface area contributed by atoms with Gasteiger partial charge in [0.2, 0.25) is 5.91 Å². The number of ether oxygens (including phenoxy) is 1. The molecular weight excluding hydrogens is 419 g/mol. The van der Waals surface area contributed by atoms with Crippen LogP contribution in [-0.4, -0.2) is 28.8 Å². The van der Waals surface area contributed by atoms with Crippen LogP contribution >= 0.6 is 11.3 Å². The Kier molecular flexibility index (Phi) is 6.56. The molecule has 0 radical (unpaired) electrons. The molecule has 0 saturated carbocycles. The standard InChI is InChI=1S/C20H18F3N3O3S/c1-13(26-18(27)8-7-16(25-26)17-6-3-11-30-17)19(28)24-9-10-29-15-5-2-4-14(12-15)20(21,22)23/h2-8,11-13H,9-10H2,1H3,(H,24,28). The summed E-state index contributed by atoms with van der Waals surface area (Å²) in [5.41, 5.74) is -0.649. The Hall–Kier alpha value is -3.14. The van der Waals surface area contributed by atoms with E-state index in [0.29, 0.717) is 5.69 Å². The number of alkyl halides is 3. The molecule has 0 aliphatic heterocycles. The maximum atomic E-state index is 12.7. The molecule has 158 valence electrons. The van der Waals surface area contributed by atoms with E-state index in [9.17, 15) is 22.8 Å². The van der Waals surface area contributed by atoms with E-state index in [1.54, 1.807) is 6.07 Å². The fraction of sp³-hybridized carbons (Fsp3) is 0.250. The predicted octanol–water partition coefficient (Wildman–Crippen LogP) is 3.75. The van der Waals surface area contributed by atoms with Crippen LogP contribution in [0.25, 0.3) is 10.6 Å². The van der Waals surface area contributed by atoms with E-state index < -0.39 is 29.2 Å². The van der Waals surface area contributed by atoms with Gasteiger partial charge in [-0.3, -0.25) is 9.59 Å².